The molecular weight excluding hydrogens is 226 g/mol. The Morgan fingerprint density at radius 1 is 1.28 bits per heavy atom. The molecule has 4 heteroatoms. The van der Waals surface area contributed by atoms with Gasteiger partial charge in [-0.3, -0.25) is 4.98 Å². The Hall–Kier alpha value is -2.20. The Morgan fingerprint density at radius 3 is 2.94 bits per heavy atom. The molecule has 0 saturated carbocycles. The van der Waals surface area contributed by atoms with Gasteiger partial charge in [-0.2, -0.15) is 0 Å². The summed E-state index contributed by atoms with van der Waals surface area (Å²) < 4.78 is 1.89. The Labute approximate surface area is 105 Å². The number of aromatic nitrogens is 3. The van der Waals surface area contributed by atoms with Crippen molar-refractivity contribution in [1.29, 1.82) is 0 Å². The lowest BCUT2D eigenvalue weighted by molar-refractivity contribution is 0.215. The molecule has 0 saturated heterocycles. The van der Waals surface area contributed by atoms with Crippen molar-refractivity contribution in [2.24, 2.45) is 0 Å². The van der Waals surface area contributed by atoms with Gasteiger partial charge >= 0.3 is 0 Å². The highest BCUT2D eigenvalue weighted by atomic mass is 16.3. The molecule has 3 aromatic heterocycles. The molecule has 3 heterocycles. The smallest absolute Gasteiger partial charge is 0.137 e. The highest BCUT2D eigenvalue weighted by Gasteiger charge is 2.14. The fourth-order valence-corrected chi connectivity index (χ4v) is 1.98. The molecule has 1 N–H and O–H groups in total. The quantitative estimate of drug-likeness (QED) is 0.745. The number of imidazole rings is 1. The van der Waals surface area contributed by atoms with Gasteiger partial charge in [-0.05, 0) is 24.6 Å². The number of aliphatic hydroxyl groups excluding tert-OH is 1. The number of aliphatic hydroxyl groups is 1. The van der Waals surface area contributed by atoms with E-state index in [1.165, 1.54) is 0 Å². The summed E-state index contributed by atoms with van der Waals surface area (Å²) in [7, 11) is 0. The number of rotatable bonds is 2. The van der Waals surface area contributed by atoms with Gasteiger partial charge in [-0.15, -0.1) is 0 Å². The van der Waals surface area contributed by atoms with Gasteiger partial charge in [0.25, 0.3) is 0 Å². The molecule has 0 aliphatic carbocycles. The van der Waals surface area contributed by atoms with Crippen molar-refractivity contribution in [2.45, 2.75) is 13.0 Å². The number of nitrogens with zero attached hydrogens (tertiary/aromatic N) is 3. The fraction of sp³-hybridized carbons (Fsp3) is 0.143. The molecule has 90 valence electrons. The number of hydrogen-bond donors (Lipinski definition) is 1. The Balaban J connectivity index is 2.03. The van der Waals surface area contributed by atoms with E-state index in [0.29, 0.717) is 5.69 Å². The van der Waals surface area contributed by atoms with Crippen LogP contribution in [-0.4, -0.2) is 19.5 Å². The third-order valence-corrected chi connectivity index (χ3v) is 2.87. The second-order valence-corrected chi connectivity index (χ2v) is 4.33. The number of hydrogen-bond acceptors (Lipinski definition) is 3. The fourth-order valence-electron chi connectivity index (χ4n) is 1.98. The van der Waals surface area contributed by atoms with Crippen molar-refractivity contribution >= 4 is 5.65 Å². The van der Waals surface area contributed by atoms with Crippen molar-refractivity contribution in [3.63, 3.8) is 0 Å². The normalized spacial score (nSPS) is 12.8. The molecule has 0 aliphatic rings. The van der Waals surface area contributed by atoms with Crippen LogP contribution in [0.5, 0.6) is 0 Å². The molecule has 0 spiro atoms. The maximum Gasteiger partial charge on any atom is 0.137 e. The van der Waals surface area contributed by atoms with Crippen LogP contribution in [0.4, 0.5) is 0 Å². The standard InChI is InChI=1S/C14H13N3O/c1-10-6-11(8-15-7-10)14(18)12-9-17-5-3-2-4-13(17)16-12/h2-9,14,18H,1H3. The van der Waals surface area contributed by atoms with Gasteiger partial charge in [0, 0.05) is 30.4 Å². The second kappa shape index (κ2) is 4.23. The van der Waals surface area contributed by atoms with E-state index in [-0.39, 0.29) is 0 Å². The molecule has 0 bridgehead atoms. The van der Waals surface area contributed by atoms with Crippen LogP contribution in [0.25, 0.3) is 5.65 Å². The first kappa shape index (κ1) is 10.9. The lowest BCUT2D eigenvalue weighted by Crippen LogP contribution is -2.00. The van der Waals surface area contributed by atoms with Crippen LogP contribution in [0.2, 0.25) is 0 Å². The summed E-state index contributed by atoms with van der Waals surface area (Å²) in [6, 6.07) is 7.68. The SMILES string of the molecule is Cc1cncc(C(O)c2cn3ccccc3n2)c1. The Bertz CT molecular complexity index is 657. The molecule has 0 fully saturated rings. The van der Waals surface area contributed by atoms with Crippen LogP contribution in [0, 0.1) is 6.92 Å². The van der Waals surface area contributed by atoms with Crippen molar-refractivity contribution < 1.29 is 5.11 Å². The molecule has 0 aliphatic heterocycles. The zero-order chi connectivity index (χ0) is 12.5. The Morgan fingerprint density at radius 2 is 2.17 bits per heavy atom. The van der Waals surface area contributed by atoms with Crippen LogP contribution in [0.15, 0.2) is 49.1 Å². The third kappa shape index (κ3) is 1.87. The highest BCUT2D eigenvalue weighted by molar-refractivity contribution is 5.41. The molecule has 0 aromatic carbocycles. The summed E-state index contributed by atoms with van der Waals surface area (Å²) in [5, 5.41) is 10.3. The van der Waals surface area contributed by atoms with Gasteiger partial charge in [-0.1, -0.05) is 12.1 Å². The van der Waals surface area contributed by atoms with E-state index in [1.807, 2.05) is 48.0 Å². The summed E-state index contributed by atoms with van der Waals surface area (Å²) in [5.74, 6) is 0. The maximum atomic E-state index is 10.3. The second-order valence-electron chi connectivity index (χ2n) is 4.33. The molecule has 0 radical (unpaired) electrons. The van der Waals surface area contributed by atoms with Crippen LogP contribution >= 0.6 is 0 Å². The largest absolute Gasteiger partial charge is 0.382 e. The van der Waals surface area contributed by atoms with E-state index in [2.05, 4.69) is 9.97 Å². The van der Waals surface area contributed by atoms with Crippen molar-refractivity contribution in [3.8, 4) is 0 Å². The zero-order valence-electron chi connectivity index (χ0n) is 9.99. The third-order valence-electron chi connectivity index (χ3n) is 2.87. The number of fused-ring (bicyclic) bond motifs is 1. The summed E-state index contributed by atoms with van der Waals surface area (Å²) in [6.45, 7) is 1.95. The predicted octanol–water partition coefficient (Wildman–Crippen LogP) is 2.12. The topological polar surface area (TPSA) is 50.4 Å². The number of aryl methyl sites for hydroxylation is 1. The monoisotopic (exact) mass is 239 g/mol. The van der Waals surface area contributed by atoms with E-state index >= 15 is 0 Å². The van der Waals surface area contributed by atoms with E-state index in [4.69, 9.17) is 0 Å². The molecule has 4 nitrogen and oxygen atoms in total. The lowest BCUT2D eigenvalue weighted by Gasteiger charge is -2.07. The van der Waals surface area contributed by atoms with Crippen molar-refractivity contribution in [1.82, 2.24) is 14.4 Å². The van der Waals surface area contributed by atoms with Crippen LogP contribution in [-0.2, 0) is 0 Å². The van der Waals surface area contributed by atoms with Crippen LogP contribution < -0.4 is 0 Å². The van der Waals surface area contributed by atoms with E-state index in [9.17, 15) is 5.11 Å². The first-order chi connectivity index (χ1) is 8.74. The summed E-state index contributed by atoms with van der Waals surface area (Å²) in [4.78, 5) is 8.49. The van der Waals surface area contributed by atoms with Gasteiger partial charge in [0.2, 0.25) is 0 Å². The number of pyridine rings is 2. The highest BCUT2D eigenvalue weighted by Crippen LogP contribution is 2.21. The minimum Gasteiger partial charge on any atom is -0.382 e. The molecule has 1 atom stereocenters. The Kier molecular flexibility index (Phi) is 2.57. The van der Waals surface area contributed by atoms with E-state index in [1.54, 1.807) is 12.4 Å². The van der Waals surface area contributed by atoms with Crippen LogP contribution in [0.1, 0.15) is 22.9 Å². The molecule has 3 rings (SSSR count). The van der Waals surface area contributed by atoms with Crippen molar-refractivity contribution in [3.05, 3.63) is 65.9 Å². The summed E-state index contributed by atoms with van der Waals surface area (Å²) >= 11 is 0. The average Bonchev–Trinajstić information content (AvgIpc) is 2.81. The first-order valence-electron chi connectivity index (χ1n) is 5.77. The van der Waals surface area contributed by atoms with Gasteiger partial charge in [0.05, 0.1) is 5.69 Å². The first-order valence-corrected chi connectivity index (χ1v) is 5.77. The maximum absolute atomic E-state index is 10.3. The molecule has 18 heavy (non-hydrogen) atoms. The zero-order valence-corrected chi connectivity index (χ0v) is 9.99. The minimum absolute atomic E-state index is 0.633. The van der Waals surface area contributed by atoms with Gasteiger partial charge < -0.3 is 9.51 Å². The van der Waals surface area contributed by atoms with E-state index in [0.717, 1.165) is 16.8 Å². The summed E-state index contributed by atoms with van der Waals surface area (Å²) in [5.41, 5.74) is 3.24. The van der Waals surface area contributed by atoms with Gasteiger partial charge in [0.1, 0.15) is 11.8 Å². The lowest BCUT2D eigenvalue weighted by atomic mass is 10.1. The van der Waals surface area contributed by atoms with Crippen LogP contribution in [0.3, 0.4) is 0 Å². The van der Waals surface area contributed by atoms with Gasteiger partial charge in [0.15, 0.2) is 0 Å². The molecular formula is C14H13N3O. The molecule has 0 amide bonds. The van der Waals surface area contributed by atoms with Crippen molar-refractivity contribution in [2.75, 3.05) is 0 Å². The minimum atomic E-state index is -0.739. The molecule has 1 unspecified atom stereocenters. The molecule has 3 aromatic rings. The predicted molar refractivity (Wildman–Crippen MR) is 68.2 cm³/mol. The van der Waals surface area contributed by atoms with E-state index < -0.39 is 6.10 Å². The summed E-state index contributed by atoms with van der Waals surface area (Å²) in [6.07, 6.45) is 6.44. The average molecular weight is 239 g/mol. The van der Waals surface area contributed by atoms with Gasteiger partial charge in [-0.25, -0.2) is 4.98 Å².